The topological polar surface area (TPSA) is 72.2 Å². The number of hydrogen-bond acceptors (Lipinski definition) is 3. The average molecular weight is 256 g/mol. The Balaban J connectivity index is 2.85. The summed E-state index contributed by atoms with van der Waals surface area (Å²) in [5, 5.41) is 0. The molecule has 92 valence electrons. The summed E-state index contributed by atoms with van der Waals surface area (Å²) >= 11 is 0. The Kier molecular flexibility index (Phi) is 4.49. The second kappa shape index (κ2) is 5.66. The minimum absolute atomic E-state index is 0.146. The van der Waals surface area contributed by atoms with E-state index in [1.165, 1.54) is 6.07 Å². The maximum absolute atomic E-state index is 13.4. The summed E-state index contributed by atoms with van der Waals surface area (Å²) in [7, 11) is -3.84. The van der Waals surface area contributed by atoms with Gasteiger partial charge in [-0.2, -0.15) is 0 Å². The first-order valence-corrected chi connectivity index (χ1v) is 6.40. The van der Waals surface area contributed by atoms with Gasteiger partial charge in [0.1, 0.15) is 10.7 Å². The van der Waals surface area contributed by atoms with Crippen molar-refractivity contribution in [2.24, 2.45) is 0 Å². The first-order valence-electron chi connectivity index (χ1n) is 4.91. The molecule has 0 aromatic heterocycles. The lowest BCUT2D eigenvalue weighted by Crippen LogP contribution is -2.25. The van der Waals surface area contributed by atoms with Gasteiger partial charge in [-0.1, -0.05) is 0 Å². The second-order valence-corrected chi connectivity index (χ2v) is 5.00. The molecule has 4 nitrogen and oxygen atoms in total. The molecule has 0 aliphatic carbocycles. The molecule has 0 bridgehead atoms. The summed E-state index contributed by atoms with van der Waals surface area (Å²) < 4.78 is 39.0. The van der Waals surface area contributed by atoms with Gasteiger partial charge in [-0.3, -0.25) is 0 Å². The SMILES string of the molecule is CC#CCCNS(=O)(=O)c1ccc(N)cc1F. The number of nitrogen functional groups attached to an aromatic ring is 1. The highest BCUT2D eigenvalue weighted by Crippen LogP contribution is 2.16. The van der Waals surface area contributed by atoms with E-state index in [-0.39, 0.29) is 12.2 Å². The highest BCUT2D eigenvalue weighted by molar-refractivity contribution is 7.89. The van der Waals surface area contributed by atoms with Gasteiger partial charge in [-0.05, 0) is 25.1 Å². The molecule has 0 aliphatic rings. The number of rotatable bonds is 4. The number of hydrogen-bond donors (Lipinski definition) is 2. The molecule has 0 saturated heterocycles. The molecular weight excluding hydrogens is 243 g/mol. The van der Waals surface area contributed by atoms with Crippen molar-refractivity contribution in [3.63, 3.8) is 0 Å². The van der Waals surface area contributed by atoms with E-state index in [4.69, 9.17) is 5.73 Å². The van der Waals surface area contributed by atoms with E-state index in [9.17, 15) is 12.8 Å². The molecule has 0 radical (unpaired) electrons. The predicted octanol–water partition coefficient (Wildman–Crippen LogP) is 1.10. The average Bonchev–Trinajstić information content (AvgIpc) is 2.24. The van der Waals surface area contributed by atoms with Crippen LogP contribution in [0, 0.1) is 17.7 Å². The molecule has 0 amide bonds. The third-order valence-electron chi connectivity index (χ3n) is 1.96. The van der Waals surface area contributed by atoms with Crippen LogP contribution in [0.3, 0.4) is 0 Å². The molecule has 0 aliphatic heterocycles. The number of benzene rings is 1. The summed E-state index contributed by atoms with van der Waals surface area (Å²) in [5.74, 6) is 4.48. The van der Waals surface area contributed by atoms with Crippen LogP contribution < -0.4 is 10.5 Å². The first-order chi connectivity index (χ1) is 7.97. The summed E-state index contributed by atoms with van der Waals surface area (Å²) in [4.78, 5) is -0.406. The molecule has 0 saturated carbocycles. The molecule has 6 heteroatoms. The lowest BCUT2D eigenvalue weighted by Gasteiger charge is -2.06. The Hall–Kier alpha value is -1.58. The third kappa shape index (κ3) is 3.73. The van der Waals surface area contributed by atoms with Crippen molar-refractivity contribution < 1.29 is 12.8 Å². The Labute approximate surface area is 100 Å². The fourth-order valence-corrected chi connectivity index (χ4v) is 2.27. The molecule has 0 fully saturated rings. The normalized spacial score (nSPS) is 10.7. The molecule has 0 heterocycles. The standard InChI is InChI=1S/C11H13FN2O2S/c1-2-3-4-7-14-17(15,16)11-6-5-9(13)8-10(11)12/h5-6,8,14H,4,7,13H2,1H3. The van der Waals surface area contributed by atoms with Crippen molar-refractivity contribution in [2.45, 2.75) is 18.2 Å². The van der Waals surface area contributed by atoms with Crippen LogP contribution in [0.4, 0.5) is 10.1 Å². The predicted molar refractivity (Wildman–Crippen MR) is 64.1 cm³/mol. The molecule has 3 N–H and O–H groups in total. The van der Waals surface area contributed by atoms with Crippen molar-refractivity contribution in [1.29, 1.82) is 0 Å². The molecule has 0 atom stereocenters. The van der Waals surface area contributed by atoms with Crippen LogP contribution >= 0.6 is 0 Å². The monoisotopic (exact) mass is 256 g/mol. The van der Waals surface area contributed by atoms with Crippen LogP contribution in [0.1, 0.15) is 13.3 Å². The van der Waals surface area contributed by atoms with Gasteiger partial charge in [0.25, 0.3) is 0 Å². The van der Waals surface area contributed by atoms with Crippen LogP contribution in [-0.4, -0.2) is 15.0 Å². The van der Waals surface area contributed by atoms with Gasteiger partial charge in [-0.15, -0.1) is 11.8 Å². The largest absolute Gasteiger partial charge is 0.399 e. The molecule has 1 rings (SSSR count). The molecular formula is C11H13FN2O2S. The number of nitrogens with one attached hydrogen (secondary N) is 1. The van der Waals surface area contributed by atoms with Crippen LogP contribution in [0.25, 0.3) is 0 Å². The van der Waals surface area contributed by atoms with Gasteiger partial charge in [-0.25, -0.2) is 17.5 Å². The number of anilines is 1. The zero-order valence-corrected chi connectivity index (χ0v) is 10.1. The Morgan fingerprint density at radius 3 is 2.76 bits per heavy atom. The molecule has 1 aromatic carbocycles. The van der Waals surface area contributed by atoms with E-state index in [1.807, 2.05) is 0 Å². The zero-order valence-electron chi connectivity index (χ0n) is 9.33. The number of sulfonamides is 1. The fraction of sp³-hybridized carbons (Fsp3) is 0.273. The van der Waals surface area contributed by atoms with Crippen LogP contribution in [0.15, 0.2) is 23.1 Å². The summed E-state index contributed by atoms with van der Waals surface area (Å²) in [6.07, 6.45) is 0.381. The first kappa shape index (κ1) is 13.5. The van der Waals surface area contributed by atoms with Crippen molar-refractivity contribution in [3.8, 4) is 11.8 Å². The highest BCUT2D eigenvalue weighted by Gasteiger charge is 2.18. The number of nitrogens with two attached hydrogens (primary N) is 1. The van der Waals surface area contributed by atoms with Crippen molar-refractivity contribution in [2.75, 3.05) is 12.3 Å². The van der Waals surface area contributed by atoms with Crippen LogP contribution in [0.2, 0.25) is 0 Å². The van der Waals surface area contributed by atoms with E-state index in [1.54, 1.807) is 6.92 Å². The van der Waals surface area contributed by atoms with Gasteiger partial charge >= 0.3 is 0 Å². The summed E-state index contributed by atoms with van der Waals surface area (Å²) in [6.45, 7) is 1.81. The van der Waals surface area contributed by atoms with Crippen molar-refractivity contribution >= 4 is 15.7 Å². The second-order valence-electron chi connectivity index (χ2n) is 3.26. The Bertz CT molecular complexity index is 559. The van der Waals surface area contributed by atoms with E-state index in [0.29, 0.717) is 6.42 Å². The van der Waals surface area contributed by atoms with E-state index in [0.717, 1.165) is 12.1 Å². The van der Waals surface area contributed by atoms with E-state index >= 15 is 0 Å². The van der Waals surface area contributed by atoms with Gasteiger partial charge in [0.15, 0.2) is 0 Å². The van der Waals surface area contributed by atoms with Crippen LogP contribution in [-0.2, 0) is 10.0 Å². The van der Waals surface area contributed by atoms with Gasteiger partial charge in [0.05, 0.1) is 0 Å². The maximum atomic E-state index is 13.4. The zero-order chi connectivity index (χ0) is 12.9. The minimum atomic E-state index is -3.84. The van der Waals surface area contributed by atoms with Crippen LogP contribution in [0.5, 0.6) is 0 Å². The quantitative estimate of drug-likeness (QED) is 0.481. The van der Waals surface area contributed by atoms with Gasteiger partial charge < -0.3 is 5.73 Å². The molecule has 1 aromatic rings. The van der Waals surface area contributed by atoms with Crippen molar-refractivity contribution in [3.05, 3.63) is 24.0 Å². The van der Waals surface area contributed by atoms with E-state index < -0.39 is 20.7 Å². The minimum Gasteiger partial charge on any atom is -0.399 e. The molecule has 0 unspecified atom stereocenters. The number of halogens is 1. The smallest absolute Gasteiger partial charge is 0.243 e. The maximum Gasteiger partial charge on any atom is 0.243 e. The summed E-state index contributed by atoms with van der Waals surface area (Å²) in [5.41, 5.74) is 5.52. The summed E-state index contributed by atoms with van der Waals surface area (Å²) in [6, 6.07) is 3.45. The Morgan fingerprint density at radius 2 is 2.18 bits per heavy atom. The Morgan fingerprint density at radius 1 is 1.47 bits per heavy atom. The van der Waals surface area contributed by atoms with Gasteiger partial charge in [0.2, 0.25) is 10.0 Å². The van der Waals surface area contributed by atoms with Gasteiger partial charge in [0, 0.05) is 18.7 Å². The fourth-order valence-electron chi connectivity index (χ4n) is 1.19. The molecule has 17 heavy (non-hydrogen) atoms. The third-order valence-corrected chi connectivity index (χ3v) is 3.46. The van der Waals surface area contributed by atoms with E-state index in [2.05, 4.69) is 16.6 Å². The lowest BCUT2D eigenvalue weighted by molar-refractivity contribution is 0.558. The lowest BCUT2D eigenvalue weighted by atomic mass is 10.3. The molecule has 0 spiro atoms. The highest BCUT2D eigenvalue weighted by atomic mass is 32.2. The van der Waals surface area contributed by atoms with Crippen molar-refractivity contribution in [1.82, 2.24) is 4.72 Å².